The van der Waals surface area contributed by atoms with Crippen LogP contribution in [-0.4, -0.2) is 0 Å². The Morgan fingerprint density at radius 3 is 1.61 bits per heavy atom. The molecule has 0 aromatic heterocycles. The monoisotopic (exact) mass is 299 g/mol. The summed E-state index contributed by atoms with van der Waals surface area (Å²) in [7, 11) is 0. The second-order valence-electron chi connectivity index (χ2n) is 6.27. The zero-order chi connectivity index (χ0) is 15.5. The minimum absolute atomic E-state index is 0.365. The van der Waals surface area contributed by atoms with Gasteiger partial charge in [-0.05, 0) is 23.1 Å². The van der Waals surface area contributed by atoms with Crippen LogP contribution in [0.3, 0.4) is 0 Å². The molecule has 23 heavy (non-hydrogen) atoms. The van der Waals surface area contributed by atoms with Gasteiger partial charge in [-0.2, -0.15) is 0 Å². The van der Waals surface area contributed by atoms with E-state index in [1.807, 2.05) is 0 Å². The van der Waals surface area contributed by atoms with Crippen molar-refractivity contribution in [2.24, 2.45) is 0 Å². The Balaban J connectivity index is 1.70. The van der Waals surface area contributed by atoms with E-state index >= 15 is 0 Å². The van der Waals surface area contributed by atoms with Crippen molar-refractivity contribution in [1.29, 1.82) is 0 Å². The minimum Gasteiger partial charge on any atom is -0.302 e. The first kappa shape index (κ1) is 14.2. The second-order valence-corrected chi connectivity index (χ2v) is 6.27. The predicted octanol–water partition coefficient (Wildman–Crippen LogP) is 5.25. The van der Waals surface area contributed by atoms with Crippen molar-refractivity contribution < 1.29 is 0 Å². The molecule has 0 bridgehead atoms. The molecule has 3 aromatic rings. The number of nitrogens with one attached hydrogen (secondary N) is 1. The van der Waals surface area contributed by atoms with Crippen molar-refractivity contribution in [2.45, 2.75) is 24.4 Å². The first-order valence-electron chi connectivity index (χ1n) is 8.33. The van der Waals surface area contributed by atoms with Crippen LogP contribution in [-0.2, 0) is 0 Å². The molecule has 1 heteroatoms. The van der Waals surface area contributed by atoms with Gasteiger partial charge in [0.2, 0.25) is 0 Å². The molecule has 1 N–H and O–H groups in total. The van der Waals surface area contributed by atoms with Crippen LogP contribution in [0.1, 0.15) is 41.1 Å². The smallest absolute Gasteiger partial charge is 0.0395 e. The molecule has 0 radical (unpaired) electrons. The highest BCUT2D eigenvalue weighted by Crippen LogP contribution is 2.45. The Kier molecular flexibility index (Phi) is 3.95. The third kappa shape index (κ3) is 2.93. The number of hydrogen-bond donors (Lipinski definition) is 1. The van der Waals surface area contributed by atoms with Gasteiger partial charge >= 0.3 is 0 Å². The van der Waals surface area contributed by atoms with Gasteiger partial charge in [0, 0.05) is 18.0 Å². The van der Waals surface area contributed by atoms with Gasteiger partial charge in [-0.15, -0.1) is 0 Å². The van der Waals surface area contributed by atoms with Gasteiger partial charge in [-0.1, -0.05) is 91.0 Å². The maximum absolute atomic E-state index is 3.87. The third-order valence-corrected chi connectivity index (χ3v) is 4.86. The van der Waals surface area contributed by atoms with Crippen LogP contribution in [0.25, 0.3) is 0 Å². The quantitative estimate of drug-likeness (QED) is 0.697. The zero-order valence-electron chi connectivity index (χ0n) is 13.1. The van der Waals surface area contributed by atoms with Crippen LogP contribution < -0.4 is 5.32 Å². The van der Waals surface area contributed by atoms with Crippen LogP contribution in [0.5, 0.6) is 0 Å². The standard InChI is InChI=1S/C22H21N/c1-4-10-17(11-5-1)20-16-21(18-12-6-2-7-13-18)23-22(20)19-14-8-3-9-15-19/h1-15,20-23H,16H2/t20-,21+,22-/m0/s1. The molecule has 0 aliphatic carbocycles. The van der Waals surface area contributed by atoms with Crippen LogP contribution in [0, 0.1) is 0 Å². The summed E-state index contributed by atoms with van der Waals surface area (Å²) in [5, 5.41) is 3.87. The highest BCUT2D eigenvalue weighted by molar-refractivity contribution is 5.33. The average Bonchev–Trinajstić information content (AvgIpc) is 3.09. The molecule has 0 amide bonds. The Labute approximate surface area is 138 Å². The van der Waals surface area contributed by atoms with Crippen molar-refractivity contribution >= 4 is 0 Å². The van der Waals surface area contributed by atoms with Gasteiger partial charge in [0.15, 0.2) is 0 Å². The van der Waals surface area contributed by atoms with Gasteiger partial charge in [0.05, 0.1) is 0 Å². The van der Waals surface area contributed by atoms with E-state index in [0.717, 1.165) is 6.42 Å². The fourth-order valence-electron chi connectivity index (χ4n) is 3.73. The average molecular weight is 299 g/mol. The molecule has 3 atom stereocenters. The molecule has 1 saturated heterocycles. The Morgan fingerprint density at radius 2 is 1.04 bits per heavy atom. The molecule has 0 spiro atoms. The molecule has 1 nitrogen and oxygen atoms in total. The van der Waals surface area contributed by atoms with E-state index in [4.69, 9.17) is 0 Å². The van der Waals surface area contributed by atoms with Crippen molar-refractivity contribution in [3.05, 3.63) is 108 Å². The summed E-state index contributed by atoms with van der Waals surface area (Å²) < 4.78 is 0. The summed E-state index contributed by atoms with van der Waals surface area (Å²) in [5.41, 5.74) is 4.18. The van der Waals surface area contributed by atoms with Crippen molar-refractivity contribution in [2.75, 3.05) is 0 Å². The number of benzene rings is 3. The van der Waals surface area contributed by atoms with E-state index < -0.39 is 0 Å². The topological polar surface area (TPSA) is 12.0 Å². The number of rotatable bonds is 3. The maximum Gasteiger partial charge on any atom is 0.0395 e. The van der Waals surface area contributed by atoms with E-state index in [1.165, 1.54) is 16.7 Å². The highest BCUT2D eigenvalue weighted by atomic mass is 15.0. The Hall–Kier alpha value is -2.38. The lowest BCUT2D eigenvalue weighted by Gasteiger charge is -2.20. The molecule has 0 unspecified atom stereocenters. The van der Waals surface area contributed by atoms with E-state index in [-0.39, 0.29) is 0 Å². The zero-order valence-corrected chi connectivity index (χ0v) is 13.1. The lowest BCUT2D eigenvalue weighted by molar-refractivity contribution is 0.554. The highest BCUT2D eigenvalue weighted by Gasteiger charge is 2.35. The van der Waals surface area contributed by atoms with Gasteiger partial charge in [-0.25, -0.2) is 0 Å². The van der Waals surface area contributed by atoms with Crippen LogP contribution >= 0.6 is 0 Å². The summed E-state index contributed by atoms with van der Waals surface area (Å²) in [6, 6.07) is 33.3. The van der Waals surface area contributed by atoms with E-state index in [0.29, 0.717) is 18.0 Å². The summed E-state index contributed by atoms with van der Waals surface area (Å²) in [4.78, 5) is 0. The van der Waals surface area contributed by atoms with Crippen molar-refractivity contribution in [3.63, 3.8) is 0 Å². The van der Waals surface area contributed by atoms with Crippen molar-refractivity contribution in [1.82, 2.24) is 5.32 Å². The summed E-state index contributed by atoms with van der Waals surface area (Å²) >= 11 is 0. The predicted molar refractivity (Wildman–Crippen MR) is 95.3 cm³/mol. The van der Waals surface area contributed by atoms with Gasteiger partial charge < -0.3 is 5.32 Å². The third-order valence-electron chi connectivity index (χ3n) is 4.86. The first-order valence-corrected chi connectivity index (χ1v) is 8.33. The molecule has 1 fully saturated rings. The van der Waals surface area contributed by atoms with Crippen LogP contribution in [0.15, 0.2) is 91.0 Å². The van der Waals surface area contributed by atoms with E-state index in [9.17, 15) is 0 Å². The van der Waals surface area contributed by atoms with E-state index in [2.05, 4.69) is 96.3 Å². The van der Waals surface area contributed by atoms with Gasteiger partial charge in [0.1, 0.15) is 0 Å². The van der Waals surface area contributed by atoms with E-state index in [1.54, 1.807) is 0 Å². The van der Waals surface area contributed by atoms with Gasteiger partial charge in [-0.3, -0.25) is 0 Å². The molecule has 1 aliphatic heterocycles. The normalized spacial score (nSPS) is 23.7. The van der Waals surface area contributed by atoms with Crippen LogP contribution in [0.4, 0.5) is 0 Å². The molecule has 1 heterocycles. The minimum atomic E-state index is 0.365. The first-order chi connectivity index (χ1) is 11.4. The second kappa shape index (κ2) is 6.39. The Morgan fingerprint density at radius 1 is 0.565 bits per heavy atom. The van der Waals surface area contributed by atoms with Crippen LogP contribution in [0.2, 0.25) is 0 Å². The van der Waals surface area contributed by atoms with Gasteiger partial charge in [0.25, 0.3) is 0 Å². The molecular weight excluding hydrogens is 278 g/mol. The Bertz CT molecular complexity index is 689. The molecule has 3 aromatic carbocycles. The van der Waals surface area contributed by atoms with Crippen molar-refractivity contribution in [3.8, 4) is 0 Å². The molecule has 4 rings (SSSR count). The maximum atomic E-state index is 3.87. The molecule has 1 aliphatic rings. The summed E-state index contributed by atoms with van der Waals surface area (Å²) in [6.45, 7) is 0. The fraction of sp³-hybridized carbons (Fsp3) is 0.182. The SMILES string of the molecule is c1ccc([C@H]2C[C@@H](c3ccccc3)[C@H](c3ccccc3)N2)cc1. The number of hydrogen-bond acceptors (Lipinski definition) is 1. The lowest BCUT2D eigenvalue weighted by atomic mass is 9.86. The summed E-state index contributed by atoms with van der Waals surface area (Å²) in [6.07, 6.45) is 1.13. The fourth-order valence-corrected chi connectivity index (χ4v) is 3.73. The lowest BCUT2D eigenvalue weighted by Crippen LogP contribution is -2.19. The molecular formula is C22H21N. The summed E-state index contributed by atoms with van der Waals surface area (Å²) in [5.74, 6) is 0.504. The largest absolute Gasteiger partial charge is 0.302 e. The molecule has 0 saturated carbocycles. The molecule has 114 valence electrons.